The number of amides is 1. The van der Waals surface area contributed by atoms with E-state index in [0.717, 1.165) is 0 Å². The van der Waals surface area contributed by atoms with E-state index >= 15 is 0 Å². The highest BCUT2D eigenvalue weighted by Gasteiger charge is 2.29. The minimum atomic E-state index is -2.98. The van der Waals surface area contributed by atoms with E-state index in [-0.39, 0.29) is 22.5 Å². The molecule has 1 heterocycles. The van der Waals surface area contributed by atoms with Gasteiger partial charge in [-0.1, -0.05) is 6.07 Å². The zero-order chi connectivity index (χ0) is 18.4. The second-order valence-corrected chi connectivity index (χ2v) is 9.17. The Bertz CT molecular complexity index is 801. The molecule has 134 valence electrons. The first-order valence-corrected chi connectivity index (χ1v) is 10.5. The number of sulfone groups is 1. The number of esters is 1. The van der Waals surface area contributed by atoms with E-state index in [1.54, 1.807) is 18.2 Å². The smallest absolute Gasteiger partial charge is 0.316 e. The summed E-state index contributed by atoms with van der Waals surface area (Å²) in [6, 6.07) is 8.36. The Morgan fingerprint density at radius 3 is 2.88 bits per heavy atom. The van der Waals surface area contributed by atoms with Crippen molar-refractivity contribution in [1.82, 2.24) is 0 Å². The van der Waals surface area contributed by atoms with Gasteiger partial charge in [-0.15, -0.1) is 11.8 Å². The van der Waals surface area contributed by atoms with Gasteiger partial charge in [0.25, 0.3) is 5.91 Å². The van der Waals surface area contributed by atoms with Crippen molar-refractivity contribution in [1.29, 1.82) is 5.26 Å². The predicted molar refractivity (Wildman–Crippen MR) is 94.9 cm³/mol. The van der Waals surface area contributed by atoms with Crippen molar-refractivity contribution in [3.63, 3.8) is 0 Å². The molecular formula is C16H18N2O5S2. The van der Waals surface area contributed by atoms with Gasteiger partial charge in [0.15, 0.2) is 15.9 Å². The zero-order valence-corrected chi connectivity index (χ0v) is 15.2. The van der Waals surface area contributed by atoms with Crippen LogP contribution in [0.15, 0.2) is 24.3 Å². The summed E-state index contributed by atoms with van der Waals surface area (Å²) in [6.45, 7) is 1.45. The minimum absolute atomic E-state index is 0.00171. The Morgan fingerprint density at radius 2 is 2.24 bits per heavy atom. The van der Waals surface area contributed by atoms with Crippen LogP contribution in [0.5, 0.6) is 0 Å². The van der Waals surface area contributed by atoms with Crippen molar-refractivity contribution in [3.8, 4) is 6.07 Å². The number of rotatable bonds is 6. The first kappa shape index (κ1) is 19.3. The van der Waals surface area contributed by atoms with Gasteiger partial charge in [-0.25, -0.2) is 8.42 Å². The molecule has 2 rings (SSSR count). The molecule has 25 heavy (non-hydrogen) atoms. The molecule has 1 aliphatic rings. The highest BCUT2D eigenvalue weighted by molar-refractivity contribution is 8.02. The molecule has 0 aliphatic carbocycles. The van der Waals surface area contributed by atoms with E-state index < -0.39 is 27.8 Å². The van der Waals surface area contributed by atoms with Gasteiger partial charge in [-0.2, -0.15) is 5.26 Å². The second-order valence-electron chi connectivity index (χ2n) is 5.65. The van der Waals surface area contributed by atoms with E-state index in [1.165, 1.54) is 24.8 Å². The Hall–Kier alpha value is -2.05. The molecule has 2 atom stereocenters. The number of carbonyl (C=O) groups excluding carboxylic acids is 2. The number of hydrogen-bond donors (Lipinski definition) is 1. The van der Waals surface area contributed by atoms with Crippen molar-refractivity contribution in [3.05, 3.63) is 29.8 Å². The third-order valence-corrected chi connectivity index (χ3v) is 6.82. The number of benzene rings is 1. The van der Waals surface area contributed by atoms with Crippen LogP contribution in [0.1, 0.15) is 18.9 Å². The third kappa shape index (κ3) is 6.07. The lowest BCUT2D eigenvalue weighted by atomic mass is 10.2. The number of carbonyl (C=O) groups is 2. The first-order chi connectivity index (χ1) is 11.8. The highest BCUT2D eigenvalue weighted by Crippen LogP contribution is 2.24. The SMILES string of the molecule is C[C@H](OC(=O)CS[C@H]1CCS(=O)(=O)C1)C(=O)Nc1cccc(C#N)c1. The quantitative estimate of drug-likeness (QED) is 0.739. The van der Waals surface area contributed by atoms with Gasteiger partial charge in [-0.3, -0.25) is 9.59 Å². The molecular weight excluding hydrogens is 364 g/mol. The van der Waals surface area contributed by atoms with Crippen LogP contribution in [0, 0.1) is 11.3 Å². The number of nitrogens with zero attached hydrogens (tertiary/aromatic N) is 1. The molecule has 1 fully saturated rings. The normalized spacial score (nSPS) is 19.6. The van der Waals surface area contributed by atoms with E-state index in [1.807, 2.05) is 6.07 Å². The van der Waals surface area contributed by atoms with Crippen LogP contribution in [-0.4, -0.2) is 48.9 Å². The summed E-state index contributed by atoms with van der Waals surface area (Å²) in [5.74, 6) is -0.835. The van der Waals surface area contributed by atoms with E-state index in [2.05, 4.69) is 5.32 Å². The summed E-state index contributed by atoms with van der Waals surface area (Å²) in [5, 5.41) is 11.3. The molecule has 1 aromatic carbocycles. The number of nitriles is 1. The molecule has 9 heteroatoms. The zero-order valence-electron chi connectivity index (χ0n) is 13.6. The van der Waals surface area contributed by atoms with Gasteiger partial charge in [-0.05, 0) is 31.5 Å². The number of ether oxygens (including phenoxy) is 1. The van der Waals surface area contributed by atoms with Crippen LogP contribution in [0.25, 0.3) is 0 Å². The Morgan fingerprint density at radius 1 is 1.48 bits per heavy atom. The summed E-state index contributed by atoms with van der Waals surface area (Å²) < 4.78 is 27.8. The van der Waals surface area contributed by atoms with Gasteiger partial charge in [0.05, 0.1) is 28.9 Å². The molecule has 0 bridgehead atoms. The monoisotopic (exact) mass is 382 g/mol. The first-order valence-electron chi connectivity index (χ1n) is 7.61. The van der Waals surface area contributed by atoms with Crippen molar-refractivity contribution in [2.75, 3.05) is 22.6 Å². The van der Waals surface area contributed by atoms with Crippen molar-refractivity contribution in [2.45, 2.75) is 24.7 Å². The molecule has 1 N–H and O–H groups in total. The fraction of sp³-hybridized carbons (Fsp3) is 0.438. The van der Waals surface area contributed by atoms with Crippen LogP contribution >= 0.6 is 11.8 Å². The maximum Gasteiger partial charge on any atom is 0.316 e. The molecule has 1 saturated heterocycles. The topological polar surface area (TPSA) is 113 Å². The van der Waals surface area contributed by atoms with Crippen LogP contribution in [0.4, 0.5) is 5.69 Å². The molecule has 0 unspecified atom stereocenters. The number of thioether (sulfide) groups is 1. The summed E-state index contributed by atoms with van der Waals surface area (Å²) in [7, 11) is -2.98. The van der Waals surface area contributed by atoms with Gasteiger partial charge < -0.3 is 10.1 Å². The van der Waals surface area contributed by atoms with Crippen molar-refractivity contribution >= 4 is 39.2 Å². The summed E-state index contributed by atoms with van der Waals surface area (Å²) >= 11 is 1.24. The molecule has 1 aliphatic heterocycles. The Kier molecular flexibility index (Phi) is 6.45. The van der Waals surface area contributed by atoms with Crippen LogP contribution in [-0.2, 0) is 24.2 Å². The molecule has 0 spiro atoms. The molecule has 0 radical (unpaired) electrons. The van der Waals surface area contributed by atoms with Gasteiger partial charge in [0.2, 0.25) is 0 Å². The highest BCUT2D eigenvalue weighted by atomic mass is 32.2. The maximum atomic E-state index is 12.0. The molecule has 0 saturated carbocycles. The van der Waals surface area contributed by atoms with Crippen LogP contribution < -0.4 is 5.32 Å². The molecule has 1 aromatic rings. The minimum Gasteiger partial charge on any atom is -0.452 e. The Labute approximate surface area is 150 Å². The summed E-state index contributed by atoms with van der Waals surface area (Å²) in [4.78, 5) is 23.8. The third-order valence-electron chi connectivity index (χ3n) is 3.56. The second kappa shape index (κ2) is 8.36. The fourth-order valence-electron chi connectivity index (χ4n) is 2.27. The van der Waals surface area contributed by atoms with Gasteiger partial charge in [0.1, 0.15) is 0 Å². The summed E-state index contributed by atoms with van der Waals surface area (Å²) in [5.41, 5.74) is 0.850. The average molecular weight is 382 g/mol. The average Bonchev–Trinajstić information content (AvgIpc) is 2.92. The molecule has 7 nitrogen and oxygen atoms in total. The largest absolute Gasteiger partial charge is 0.452 e. The number of nitrogens with one attached hydrogen (secondary N) is 1. The number of hydrogen-bond acceptors (Lipinski definition) is 7. The lowest BCUT2D eigenvalue weighted by molar-refractivity contribution is -0.150. The van der Waals surface area contributed by atoms with E-state index in [4.69, 9.17) is 10.00 Å². The summed E-state index contributed by atoms with van der Waals surface area (Å²) in [6.07, 6.45) is -0.461. The lowest BCUT2D eigenvalue weighted by Crippen LogP contribution is -2.30. The van der Waals surface area contributed by atoms with Crippen LogP contribution in [0.2, 0.25) is 0 Å². The molecule has 1 amide bonds. The molecule has 0 aromatic heterocycles. The predicted octanol–water partition coefficient (Wildman–Crippen LogP) is 1.35. The van der Waals surface area contributed by atoms with Crippen molar-refractivity contribution in [2.24, 2.45) is 0 Å². The Balaban J connectivity index is 1.78. The van der Waals surface area contributed by atoms with E-state index in [0.29, 0.717) is 17.7 Å². The fourth-order valence-corrected chi connectivity index (χ4v) is 5.70. The number of anilines is 1. The van der Waals surface area contributed by atoms with Crippen molar-refractivity contribution < 1.29 is 22.7 Å². The lowest BCUT2D eigenvalue weighted by Gasteiger charge is -2.14. The van der Waals surface area contributed by atoms with Gasteiger partial charge in [0, 0.05) is 10.9 Å². The van der Waals surface area contributed by atoms with Gasteiger partial charge >= 0.3 is 5.97 Å². The van der Waals surface area contributed by atoms with Crippen LogP contribution in [0.3, 0.4) is 0 Å². The standard InChI is InChI=1S/C16H18N2O5S2/c1-11(16(20)18-13-4-2-3-12(7-13)8-17)23-15(19)9-24-14-5-6-25(21,22)10-14/h2-4,7,11,14H,5-6,9-10H2,1H3,(H,18,20)/t11-,14-/m0/s1. The maximum absolute atomic E-state index is 12.0. The van der Waals surface area contributed by atoms with E-state index in [9.17, 15) is 18.0 Å².